The number of ether oxygens (including phenoxy) is 1. The van der Waals surface area contributed by atoms with Crippen molar-refractivity contribution in [1.29, 1.82) is 0 Å². The number of allylic oxidation sites excluding steroid dienone is 1. The first kappa shape index (κ1) is 11.0. The van der Waals surface area contributed by atoms with Crippen LogP contribution in [0.1, 0.15) is 24.8 Å². The molecule has 0 N–H and O–H groups in total. The molecule has 0 fully saturated rings. The number of hydrogen-bond acceptors (Lipinski definition) is 3. The lowest BCUT2D eigenvalue weighted by molar-refractivity contribution is -0.134. The molecule has 3 heteroatoms. The van der Waals surface area contributed by atoms with Crippen molar-refractivity contribution in [3.05, 3.63) is 34.5 Å². The van der Waals surface area contributed by atoms with Crippen LogP contribution in [0.4, 0.5) is 0 Å². The smallest absolute Gasteiger partial charge is 0.330 e. The van der Waals surface area contributed by atoms with E-state index in [9.17, 15) is 4.79 Å². The van der Waals surface area contributed by atoms with Crippen molar-refractivity contribution in [2.24, 2.45) is 0 Å². The Bertz CT molecular complexity index is 301. The fourth-order valence-electron chi connectivity index (χ4n) is 1.23. The van der Waals surface area contributed by atoms with Crippen molar-refractivity contribution in [2.75, 3.05) is 7.11 Å². The summed E-state index contributed by atoms with van der Waals surface area (Å²) in [6.07, 6.45) is 4.38. The van der Waals surface area contributed by atoms with Crippen LogP contribution < -0.4 is 0 Å². The quantitative estimate of drug-likeness (QED) is 0.564. The van der Waals surface area contributed by atoms with Gasteiger partial charge in [-0.2, -0.15) is 11.3 Å². The summed E-state index contributed by atoms with van der Waals surface area (Å²) in [7, 11) is 1.39. The number of carbonyl (C=O) groups excluding carboxylic acids is 1. The summed E-state index contributed by atoms with van der Waals surface area (Å²) in [4.78, 5) is 10.9. The zero-order valence-electron chi connectivity index (χ0n) is 8.40. The molecule has 0 amide bonds. The van der Waals surface area contributed by atoms with Gasteiger partial charge in [-0.3, -0.25) is 0 Å². The van der Waals surface area contributed by atoms with Crippen LogP contribution >= 0.6 is 11.3 Å². The van der Waals surface area contributed by atoms with Crippen molar-refractivity contribution in [1.82, 2.24) is 0 Å². The Labute approximate surface area is 88.2 Å². The summed E-state index contributed by atoms with van der Waals surface area (Å²) in [5.41, 5.74) is 1.26. The van der Waals surface area contributed by atoms with Gasteiger partial charge in [0.15, 0.2) is 0 Å². The lowest BCUT2D eigenvalue weighted by Gasteiger charge is -2.06. The summed E-state index contributed by atoms with van der Waals surface area (Å²) in [5.74, 6) is 0.0269. The second-order valence-electron chi connectivity index (χ2n) is 2.95. The molecule has 14 heavy (non-hydrogen) atoms. The summed E-state index contributed by atoms with van der Waals surface area (Å²) in [6.45, 7) is 2.10. The lowest BCUT2D eigenvalue weighted by Crippen LogP contribution is -1.97. The minimum absolute atomic E-state index is 0.293. The number of thiophene rings is 1. The maximum Gasteiger partial charge on any atom is 0.330 e. The fourth-order valence-corrected chi connectivity index (χ4v) is 1.96. The van der Waals surface area contributed by atoms with Gasteiger partial charge in [-0.25, -0.2) is 4.79 Å². The van der Waals surface area contributed by atoms with Crippen LogP contribution in [0.15, 0.2) is 29.0 Å². The predicted octanol–water partition coefficient (Wildman–Crippen LogP) is 2.97. The normalized spacial score (nSPS) is 13.0. The van der Waals surface area contributed by atoms with Crippen LogP contribution in [0.25, 0.3) is 0 Å². The molecule has 0 aliphatic carbocycles. The van der Waals surface area contributed by atoms with Crippen molar-refractivity contribution >= 4 is 17.3 Å². The SMILES string of the molecule is CCC(/C=C/C(=O)OC)c1ccsc1. The number of rotatable bonds is 4. The first-order chi connectivity index (χ1) is 6.77. The molecule has 0 saturated heterocycles. The first-order valence-electron chi connectivity index (χ1n) is 4.56. The molecule has 1 heterocycles. The molecule has 1 aromatic rings. The van der Waals surface area contributed by atoms with Gasteiger partial charge in [-0.15, -0.1) is 0 Å². The highest BCUT2D eigenvalue weighted by Crippen LogP contribution is 2.22. The zero-order chi connectivity index (χ0) is 10.4. The average molecular weight is 210 g/mol. The zero-order valence-corrected chi connectivity index (χ0v) is 9.21. The third-order valence-electron chi connectivity index (χ3n) is 2.08. The summed E-state index contributed by atoms with van der Waals surface area (Å²) in [5, 5.41) is 4.15. The molecule has 0 radical (unpaired) electrons. The topological polar surface area (TPSA) is 26.3 Å². The summed E-state index contributed by atoms with van der Waals surface area (Å²) < 4.78 is 4.54. The van der Waals surface area contributed by atoms with E-state index >= 15 is 0 Å². The van der Waals surface area contributed by atoms with E-state index in [1.807, 2.05) is 11.5 Å². The fraction of sp³-hybridized carbons (Fsp3) is 0.364. The van der Waals surface area contributed by atoms with Crippen LogP contribution in [0.2, 0.25) is 0 Å². The van der Waals surface area contributed by atoms with Gasteiger partial charge in [0.2, 0.25) is 0 Å². The molecule has 0 saturated carbocycles. The Kier molecular flexibility index (Phi) is 4.40. The van der Waals surface area contributed by atoms with E-state index in [0.717, 1.165) is 6.42 Å². The lowest BCUT2D eigenvalue weighted by atomic mass is 9.99. The number of methoxy groups -OCH3 is 1. The maximum absolute atomic E-state index is 10.9. The predicted molar refractivity (Wildman–Crippen MR) is 58.5 cm³/mol. The molecule has 0 aliphatic heterocycles. The highest BCUT2D eigenvalue weighted by Gasteiger charge is 2.06. The van der Waals surface area contributed by atoms with Crippen LogP contribution in [-0.2, 0) is 9.53 Å². The minimum atomic E-state index is -0.293. The van der Waals surface area contributed by atoms with Crippen LogP contribution in [0.5, 0.6) is 0 Å². The summed E-state index contributed by atoms with van der Waals surface area (Å²) in [6, 6.07) is 2.08. The average Bonchev–Trinajstić information content (AvgIpc) is 2.72. The maximum atomic E-state index is 10.9. The molecular weight excluding hydrogens is 196 g/mol. The standard InChI is InChI=1S/C11H14O2S/c1-3-9(4-5-11(12)13-2)10-6-7-14-8-10/h4-9H,3H2,1-2H3/b5-4+. The van der Waals surface area contributed by atoms with Gasteiger partial charge in [0, 0.05) is 12.0 Å². The Morgan fingerprint density at radius 1 is 1.71 bits per heavy atom. The second kappa shape index (κ2) is 5.60. The van der Waals surface area contributed by atoms with E-state index < -0.39 is 0 Å². The number of carbonyl (C=O) groups is 1. The Hall–Kier alpha value is -1.09. The Morgan fingerprint density at radius 2 is 2.50 bits per heavy atom. The molecule has 1 unspecified atom stereocenters. The molecule has 2 nitrogen and oxygen atoms in total. The van der Waals surface area contributed by atoms with E-state index in [1.54, 1.807) is 11.3 Å². The van der Waals surface area contributed by atoms with Crippen molar-refractivity contribution in [2.45, 2.75) is 19.3 Å². The van der Waals surface area contributed by atoms with Crippen LogP contribution in [0, 0.1) is 0 Å². The van der Waals surface area contributed by atoms with Gasteiger partial charge in [-0.1, -0.05) is 13.0 Å². The monoisotopic (exact) mass is 210 g/mol. The van der Waals surface area contributed by atoms with Gasteiger partial charge >= 0.3 is 5.97 Å². The highest BCUT2D eigenvalue weighted by molar-refractivity contribution is 7.08. The van der Waals surface area contributed by atoms with Gasteiger partial charge in [-0.05, 0) is 28.8 Å². The largest absolute Gasteiger partial charge is 0.466 e. The van der Waals surface area contributed by atoms with Crippen molar-refractivity contribution in [3.63, 3.8) is 0 Å². The molecule has 1 rings (SSSR count). The molecule has 0 spiro atoms. The molecule has 0 bridgehead atoms. The van der Waals surface area contributed by atoms with Gasteiger partial charge in [0.25, 0.3) is 0 Å². The van der Waals surface area contributed by atoms with Crippen LogP contribution in [0.3, 0.4) is 0 Å². The van der Waals surface area contributed by atoms with Crippen LogP contribution in [-0.4, -0.2) is 13.1 Å². The van der Waals surface area contributed by atoms with Crippen molar-refractivity contribution in [3.8, 4) is 0 Å². The molecule has 1 aromatic heterocycles. The molecule has 0 aliphatic rings. The Morgan fingerprint density at radius 3 is 3.00 bits per heavy atom. The number of esters is 1. The van der Waals surface area contributed by atoms with E-state index in [4.69, 9.17) is 0 Å². The Balaban J connectivity index is 2.65. The number of hydrogen-bond donors (Lipinski definition) is 0. The minimum Gasteiger partial charge on any atom is -0.466 e. The molecular formula is C11H14O2S. The van der Waals surface area contributed by atoms with E-state index in [1.165, 1.54) is 18.7 Å². The second-order valence-corrected chi connectivity index (χ2v) is 3.73. The molecule has 0 aromatic carbocycles. The molecule has 76 valence electrons. The summed E-state index contributed by atoms with van der Waals surface area (Å²) >= 11 is 1.67. The highest BCUT2D eigenvalue weighted by atomic mass is 32.1. The van der Waals surface area contributed by atoms with E-state index in [0.29, 0.717) is 5.92 Å². The van der Waals surface area contributed by atoms with E-state index in [-0.39, 0.29) is 5.97 Å². The third kappa shape index (κ3) is 3.00. The van der Waals surface area contributed by atoms with Gasteiger partial charge < -0.3 is 4.74 Å². The van der Waals surface area contributed by atoms with E-state index in [2.05, 4.69) is 23.1 Å². The van der Waals surface area contributed by atoms with Crippen molar-refractivity contribution < 1.29 is 9.53 Å². The molecule has 1 atom stereocenters. The first-order valence-corrected chi connectivity index (χ1v) is 5.50. The van der Waals surface area contributed by atoms with Gasteiger partial charge in [0.05, 0.1) is 7.11 Å². The van der Waals surface area contributed by atoms with Gasteiger partial charge in [0.1, 0.15) is 0 Å². The third-order valence-corrected chi connectivity index (χ3v) is 2.78.